The predicted octanol–water partition coefficient (Wildman–Crippen LogP) is 3.51. The average Bonchev–Trinajstić information content (AvgIpc) is 3.10. The fourth-order valence-electron chi connectivity index (χ4n) is 3.79. The van der Waals surface area contributed by atoms with Gasteiger partial charge in [-0.15, -0.1) is 11.3 Å². The monoisotopic (exact) mass is 411 g/mol. The summed E-state index contributed by atoms with van der Waals surface area (Å²) in [5.74, 6) is 1.28. The minimum absolute atomic E-state index is 0.0737. The number of aromatic nitrogens is 2. The Morgan fingerprint density at radius 3 is 2.97 bits per heavy atom. The maximum atomic E-state index is 12.6. The number of aryl methyl sites for hydroxylation is 3. The quantitative estimate of drug-likeness (QED) is 0.623. The Morgan fingerprint density at radius 2 is 2.10 bits per heavy atom. The van der Waals surface area contributed by atoms with Gasteiger partial charge in [0.05, 0.1) is 12.0 Å². The Hall–Kier alpha value is -2.67. The van der Waals surface area contributed by atoms with E-state index in [1.807, 2.05) is 31.2 Å². The lowest BCUT2D eigenvalue weighted by Gasteiger charge is -2.11. The molecule has 0 saturated carbocycles. The second-order valence-electron chi connectivity index (χ2n) is 7.22. The van der Waals surface area contributed by atoms with E-state index in [0.717, 1.165) is 40.8 Å². The third-order valence-corrected chi connectivity index (χ3v) is 6.40. The first-order valence-electron chi connectivity index (χ1n) is 10.2. The zero-order valence-electron chi connectivity index (χ0n) is 16.5. The van der Waals surface area contributed by atoms with E-state index in [9.17, 15) is 9.59 Å². The molecule has 152 valence electrons. The van der Waals surface area contributed by atoms with Crippen LogP contribution in [0.25, 0.3) is 10.2 Å². The smallest absolute Gasteiger partial charge is 0.259 e. The van der Waals surface area contributed by atoms with E-state index < -0.39 is 0 Å². The van der Waals surface area contributed by atoms with Gasteiger partial charge in [0.2, 0.25) is 5.91 Å². The number of amides is 1. The zero-order chi connectivity index (χ0) is 20.2. The maximum absolute atomic E-state index is 12.6. The van der Waals surface area contributed by atoms with Gasteiger partial charge in [-0.2, -0.15) is 0 Å². The first kappa shape index (κ1) is 19.6. The molecule has 6 nitrogen and oxygen atoms in total. The summed E-state index contributed by atoms with van der Waals surface area (Å²) in [5.41, 5.74) is 2.05. The maximum Gasteiger partial charge on any atom is 0.259 e. The van der Waals surface area contributed by atoms with E-state index in [0.29, 0.717) is 25.4 Å². The van der Waals surface area contributed by atoms with Crippen molar-refractivity contribution in [3.05, 3.63) is 56.4 Å². The van der Waals surface area contributed by atoms with Crippen LogP contribution in [0.15, 0.2) is 29.1 Å². The van der Waals surface area contributed by atoms with E-state index in [1.165, 1.54) is 16.9 Å². The van der Waals surface area contributed by atoms with Crippen LogP contribution in [-0.4, -0.2) is 22.5 Å². The molecule has 2 aromatic heterocycles. The van der Waals surface area contributed by atoms with Gasteiger partial charge in [0.1, 0.15) is 16.4 Å². The number of thiophene rings is 1. The molecule has 0 atom stereocenters. The summed E-state index contributed by atoms with van der Waals surface area (Å²) in [5, 5.41) is 3.68. The number of hydrogen-bond donors (Lipinski definition) is 2. The molecule has 0 aliphatic heterocycles. The molecule has 0 saturated heterocycles. The molecule has 2 heterocycles. The van der Waals surface area contributed by atoms with Gasteiger partial charge in [-0.05, 0) is 44.2 Å². The minimum Gasteiger partial charge on any atom is -0.494 e. The number of ether oxygens (including phenoxy) is 1. The number of hydrogen-bond acceptors (Lipinski definition) is 5. The van der Waals surface area contributed by atoms with Gasteiger partial charge in [0.15, 0.2) is 0 Å². The van der Waals surface area contributed by atoms with Gasteiger partial charge < -0.3 is 15.0 Å². The summed E-state index contributed by atoms with van der Waals surface area (Å²) in [6.07, 6.45) is 4.99. The van der Waals surface area contributed by atoms with E-state index in [-0.39, 0.29) is 17.9 Å². The van der Waals surface area contributed by atoms with E-state index in [4.69, 9.17) is 4.74 Å². The van der Waals surface area contributed by atoms with Gasteiger partial charge >= 0.3 is 0 Å². The van der Waals surface area contributed by atoms with Gasteiger partial charge in [0, 0.05) is 29.8 Å². The van der Waals surface area contributed by atoms with Crippen LogP contribution in [0, 0.1) is 0 Å². The predicted molar refractivity (Wildman–Crippen MR) is 115 cm³/mol. The molecule has 1 amide bonds. The fourth-order valence-corrected chi connectivity index (χ4v) is 5.07. The van der Waals surface area contributed by atoms with E-state index in [2.05, 4.69) is 15.3 Å². The number of carbonyl (C=O) groups is 1. The van der Waals surface area contributed by atoms with Crippen molar-refractivity contribution in [1.29, 1.82) is 0 Å². The lowest BCUT2D eigenvalue weighted by atomic mass is 9.97. The third kappa shape index (κ3) is 4.34. The molecule has 0 unspecified atom stereocenters. The van der Waals surface area contributed by atoms with Crippen molar-refractivity contribution in [2.24, 2.45) is 0 Å². The van der Waals surface area contributed by atoms with Crippen LogP contribution in [0.5, 0.6) is 5.75 Å². The molecule has 0 fully saturated rings. The van der Waals surface area contributed by atoms with Crippen molar-refractivity contribution in [2.45, 2.75) is 52.0 Å². The van der Waals surface area contributed by atoms with Crippen molar-refractivity contribution in [2.75, 3.05) is 6.61 Å². The number of fused-ring (bicyclic) bond motifs is 3. The SMILES string of the molecule is CCOc1ccccc1CNC(=O)CCc1nc2sc3c(c2c(=O)[nH]1)CCCC3. The molecule has 3 aromatic rings. The summed E-state index contributed by atoms with van der Waals surface area (Å²) >= 11 is 1.63. The van der Waals surface area contributed by atoms with E-state index in [1.54, 1.807) is 11.3 Å². The summed E-state index contributed by atoms with van der Waals surface area (Å²) in [4.78, 5) is 34.5. The molecule has 2 N–H and O–H groups in total. The Balaban J connectivity index is 1.39. The molecule has 0 bridgehead atoms. The van der Waals surface area contributed by atoms with Crippen LogP contribution in [0.3, 0.4) is 0 Å². The summed E-state index contributed by atoms with van der Waals surface area (Å²) in [6, 6.07) is 7.68. The largest absolute Gasteiger partial charge is 0.494 e. The van der Waals surface area contributed by atoms with Gasteiger partial charge in [-0.3, -0.25) is 9.59 Å². The average molecular weight is 412 g/mol. The Morgan fingerprint density at radius 1 is 1.28 bits per heavy atom. The van der Waals surface area contributed by atoms with E-state index >= 15 is 0 Å². The number of carbonyl (C=O) groups excluding carboxylic acids is 1. The normalized spacial score (nSPS) is 13.3. The topological polar surface area (TPSA) is 84.1 Å². The molecule has 0 radical (unpaired) electrons. The van der Waals surface area contributed by atoms with Gasteiger partial charge in [0.25, 0.3) is 5.56 Å². The van der Waals surface area contributed by atoms with Crippen molar-refractivity contribution in [1.82, 2.24) is 15.3 Å². The molecule has 7 heteroatoms. The molecular formula is C22H25N3O3S. The Kier molecular flexibility index (Phi) is 5.94. The number of rotatable bonds is 7. The van der Waals surface area contributed by atoms with Gasteiger partial charge in [-0.25, -0.2) is 4.98 Å². The molecule has 29 heavy (non-hydrogen) atoms. The summed E-state index contributed by atoms with van der Waals surface area (Å²) < 4.78 is 5.59. The highest BCUT2D eigenvalue weighted by Crippen LogP contribution is 2.33. The van der Waals surface area contributed by atoms with Crippen molar-refractivity contribution < 1.29 is 9.53 Å². The van der Waals surface area contributed by atoms with Crippen LogP contribution in [0.1, 0.15) is 48.0 Å². The number of benzene rings is 1. The number of nitrogens with one attached hydrogen (secondary N) is 2. The lowest BCUT2D eigenvalue weighted by Crippen LogP contribution is -2.24. The molecule has 1 aromatic carbocycles. The molecule has 0 spiro atoms. The highest BCUT2D eigenvalue weighted by Gasteiger charge is 2.19. The van der Waals surface area contributed by atoms with Crippen LogP contribution >= 0.6 is 11.3 Å². The van der Waals surface area contributed by atoms with Crippen molar-refractivity contribution >= 4 is 27.5 Å². The molecule has 4 rings (SSSR count). The molecule has 1 aliphatic rings. The van der Waals surface area contributed by atoms with Gasteiger partial charge in [-0.1, -0.05) is 18.2 Å². The first-order chi connectivity index (χ1) is 14.2. The third-order valence-electron chi connectivity index (χ3n) is 5.21. The fraction of sp³-hybridized carbons (Fsp3) is 0.409. The highest BCUT2D eigenvalue weighted by atomic mass is 32.1. The summed E-state index contributed by atoms with van der Waals surface area (Å²) in [6.45, 7) is 2.93. The second-order valence-corrected chi connectivity index (χ2v) is 8.30. The minimum atomic E-state index is -0.0791. The second kappa shape index (κ2) is 8.78. The van der Waals surface area contributed by atoms with Crippen LogP contribution < -0.4 is 15.6 Å². The number of para-hydroxylation sites is 1. The lowest BCUT2D eigenvalue weighted by molar-refractivity contribution is -0.121. The molecular weight excluding hydrogens is 386 g/mol. The number of aromatic amines is 1. The first-order valence-corrected chi connectivity index (χ1v) is 11.0. The molecule has 1 aliphatic carbocycles. The van der Waals surface area contributed by atoms with Crippen molar-refractivity contribution in [3.63, 3.8) is 0 Å². The summed E-state index contributed by atoms with van der Waals surface area (Å²) in [7, 11) is 0. The van der Waals surface area contributed by atoms with Crippen LogP contribution in [0.2, 0.25) is 0 Å². The van der Waals surface area contributed by atoms with Crippen LogP contribution in [0.4, 0.5) is 0 Å². The Labute approximate surface area is 173 Å². The zero-order valence-corrected chi connectivity index (χ0v) is 17.4. The standard InChI is InChI=1S/C22H25N3O3S/c1-2-28-16-9-5-3-7-14(16)13-23-19(26)12-11-18-24-21(27)20-15-8-4-6-10-17(15)29-22(20)25-18/h3,5,7,9H,2,4,6,8,10-13H2,1H3,(H,23,26)(H,24,25,27). The van der Waals surface area contributed by atoms with Crippen molar-refractivity contribution in [3.8, 4) is 5.75 Å². The highest BCUT2D eigenvalue weighted by molar-refractivity contribution is 7.18. The number of nitrogens with zero attached hydrogens (tertiary/aromatic N) is 1. The van der Waals surface area contributed by atoms with Crippen LogP contribution in [-0.2, 0) is 30.6 Å². The number of H-pyrrole nitrogens is 1. The Bertz CT molecular complexity index is 1090.